The van der Waals surface area contributed by atoms with E-state index < -0.39 is 0 Å². The maximum absolute atomic E-state index is 4.89. The van der Waals surface area contributed by atoms with E-state index in [2.05, 4.69) is 119 Å². The Balaban J connectivity index is 1.90. The molecule has 0 fully saturated rings. The lowest BCUT2D eigenvalue weighted by molar-refractivity contribution is 0.279. The van der Waals surface area contributed by atoms with Crippen molar-refractivity contribution in [2.45, 2.75) is 52.2 Å². The number of nitrogens with zero attached hydrogens (tertiary/aromatic N) is 2. The van der Waals surface area contributed by atoms with E-state index in [1.54, 1.807) is 0 Å². The maximum atomic E-state index is 4.89. The summed E-state index contributed by atoms with van der Waals surface area (Å²) >= 11 is 0. The summed E-state index contributed by atoms with van der Waals surface area (Å²) < 4.78 is 0. The van der Waals surface area contributed by atoms with E-state index in [9.17, 15) is 0 Å². The number of rotatable bonds is 1. The molecule has 0 saturated carbocycles. The zero-order valence-corrected chi connectivity index (χ0v) is 19.1. The van der Waals surface area contributed by atoms with Gasteiger partial charge in [0.15, 0.2) is 0 Å². The molecule has 1 heterocycles. The van der Waals surface area contributed by atoms with Gasteiger partial charge in [0.05, 0.1) is 24.0 Å². The molecule has 0 bridgehead atoms. The molecule has 2 heteroatoms. The summed E-state index contributed by atoms with van der Waals surface area (Å²) in [6, 6.07) is 27.2. The Morgan fingerprint density at radius 2 is 1.13 bits per heavy atom. The Morgan fingerprint density at radius 1 is 0.677 bits per heavy atom. The molecular weight excluding hydrogens is 376 g/mol. The molecule has 0 aliphatic carbocycles. The van der Waals surface area contributed by atoms with Crippen molar-refractivity contribution in [3.05, 3.63) is 83.9 Å². The molecule has 31 heavy (non-hydrogen) atoms. The number of aliphatic imine (C=N–C) groups is 1. The van der Waals surface area contributed by atoms with Gasteiger partial charge in [-0.2, -0.15) is 0 Å². The summed E-state index contributed by atoms with van der Waals surface area (Å²) in [6.45, 7) is 11.1. The van der Waals surface area contributed by atoms with Gasteiger partial charge in [0.25, 0.3) is 0 Å². The van der Waals surface area contributed by atoms with Gasteiger partial charge in [-0.15, -0.1) is 0 Å². The van der Waals surface area contributed by atoms with Crippen LogP contribution in [0.15, 0.2) is 77.8 Å². The van der Waals surface area contributed by atoms with Crippen LogP contribution < -0.4 is 0 Å². The van der Waals surface area contributed by atoms with Gasteiger partial charge in [0.1, 0.15) is 0 Å². The van der Waals surface area contributed by atoms with Crippen LogP contribution in [-0.2, 0) is 0 Å². The van der Waals surface area contributed by atoms with Crippen molar-refractivity contribution in [3.63, 3.8) is 0 Å². The van der Waals surface area contributed by atoms with Crippen LogP contribution in [0.25, 0.3) is 32.7 Å². The van der Waals surface area contributed by atoms with E-state index in [0.29, 0.717) is 0 Å². The van der Waals surface area contributed by atoms with Crippen molar-refractivity contribution >= 4 is 27.9 Å². The summed E-state index contributed by atoms with van der Waals surface area (Å²) in [4.78, 5) is 7.32. The van der Waals surface area contributed by atoms with Gasteiger partial charge in [0, 0.05) is 0 Å². The van der Waals surface area contributed by atoms with Crippen LogP contribution in [0.1, 0.15) is 57.8 Å². The number of fused-ring (bicyclic) bond motifs is 7. The van der Waals surface area contributed by atoms with E-state index in [1.165, 1.54) is 43.8 Å². The van der Waals surface area contributed by atoms with E-state index >= 15 is 0 Å². The number of hydrogen-bond donors (Lipinski definition) is 0. The first-order chi connectivity index (χ1) is 14.8. The van der Waals surface area contributed by atoms with Crippen LogP contribution in [-0.4, -0.2) is 16.8 Å². The number of benzene rings is 4. The molecule has 4 aromatic carbocycles. The standard InChI is InChI=1S/C29H30N2/c1-19-23-16-14-21-10-6-8-12-25(21)27(23)28-24(17-15-22-11-7-9-13-26(22)28)20(2)31(19)18-30-29(3,4)5/h6-20H,1-5H3/t19-,20-/m0/s1. The molecule has 0 radical (unpaired) electrons. The van der Waals surface area contributed by atoms with Crippen LogP contribution in [0.5, 0.6) is 0 Å². The molecule has 1 aliphatic heterocycles. The second-order valence-corrected chi connectivity index (χ2v) is 9.72. The van der Waals surface area contributed by atoms with E-state index in [1.807, 2.05) is 0 Å². The van der Waals surface area contributed by atoms with Crippen molar-refractivity contribution in [3.8, 4) is 11.1 Å². The van der Waals surface area contributed by atoms with Crippen molar-refractivity contribution in [2.24, 2.45) is 4.99 Å². The summed E-state index contributed by atoms with van der Waals surface area (Å²) in [5.41, 5.74) is 5.36. The quantitative estimate of drug-likeness (QED) is 0.231. The highest BCUT2D eigenvalue weighted by atomic mass is 15.2. The predicted molar refractivity (Wildman–Crippen MR) is 134 cm³/mol. The molecule has 0 N–H and O–H groups in total. The summed E-state index contributed by atoms with van der Waals surface area (Å²) in [5, 5.41) is 5.23. The van der Waals surface area contributed by atoms with Gasteiger partial charge in [-0.1, -0.05) is 72.8 Å². The van der Waals surface area contributed by atoms with Crippen LogP contribution in [0.4, 0.5) is 0 Å². The predicted octanol–water partition coefficient (Wildman–Crippen LogP) is 7.92. The Kier molecular flexibility index (Phi) is 4.62. The molecule has 0 amide bonds. The van der Waals surface area contributed by atoms with Gasteiger partial charge in [-0.05, 0) is 78.4 Å². The fraction of sp³-hybridized carbons (Fsp3) is 0.276. The fourth-order valence-electron chi connectivity index (χ4n) is 4.93. The summed E-state index contributed by atoms with van der Waals surface area (Å²) in [6.07, 6.45) is 2.08. The van der Waals surface area contributed by atoms with Crippen LogP contribution >= 0.6 is 0 Å². The van der Waals surface area contributed by atoms with Crippen LogP contribution in [0, 0.1) is 0 Å². The third-order valence-electron chi connectivity index (χ3n) is 6.55. The third-order valence-corrected chi connectivity index (χ3v) is 6.55. The maximum Gasteiger partial charge on any atom is 0.0866 e. The molecular formula is C29H30N2. The highest BCUT2D eigenvalue weighted by Crippen LogP contribution is 2.48. The fourth-order valence-corrected chi connectivity index (χ4v) is 4.93. The Hall–Kier alpha value is -3.13. The zero-order valence-electron chi connectivity index (χ0n) is 19.1. The normalized spacial score (nSPS) is 18.9. The van der Waals surface area contributed by atoms with E-state index in [-0.39, 0.29) is 17.6 Å². The summed E-state index contributed by atoms with van der Waals surface area (Å²) in [7, 11) is 0. The second-order valence-electron chi connectivity index (χ2n) is 9.72. The topological polar surface area (TPSA) is 15.6 Å². The minimum atomic E-state index is -0.107. The lowest BCUT2D eigenvalue weighted by Gasteiger charge is -2.33. The number of hydrogen-bond acceptors (Lipinski definition) is 1. The molecule has 5 rings (SSSR count). The monoisotopic (exact) mass is 406 g/mol. The largest absolute Gasteiger partial charge is 0.349 e. The van der Waals surface area contributed by atoms with Crippen molar-refractivity contribution in [1.29, 1.82) is 0 Å². The first-order valence-electron chi connectivity index (χ1n) is 11.2. The molecule has 2 nitrogen and oxygen atoms in total. The van der Waals surface area contributed by atoms with E-state index in [4.69, 9.17) is 4.99 Å². The smallest absolute Gasteiger partial charge is 0.0866 e. The third kappa shape index (κ3) is 3.31. The highest BCUT2D eigenvalue weighted by molar-refractivity contribution is 6.08. The highest BCUT2D eigenvalue weighted by Gasteiger charge is 2.31. The molecule has 156 valence electrons. The molecule has 0 spiro atoms. The first kappa shape index (κ1) is 19.8. The first-order valence-corrected chi connectivity index (χ1v) is 11.2. The van der Waals surface area contributed by atoms with Crippen molar-refractivity contribution in [1.82, 2.24) is 4.90 Å². The molecule has 2 atom stereocenters. The molecule has 0 unspecified atom stereocenters. The van der Waals surface area contributed by atoms with Gasteiger partial charge >= 0.3 is 0 Å². The van der Waals surface area contributed by atoms with Gasteiger partial charge in [-0.3, -0.25) is 4.99 Å². The Morgan fingerprint density at radius 3 is 1.58 bits per heavy atom. The minimum Gasteiger partial charge on any atom is -0.349 e. The van der Waals surface area contributed by atoms with Crippen LogP contribution in [0.3, 0.4) is 0 Å². The van der Waals surface area contributed by atoms with Gasteiger partial charge in [0.2, 0.25) is 0 Å². The SMILES string of the molecule is C[C@H]1c2ccc3ccccc3c2-c2c(ccc3ccccc23)[C@H](C)N1C=NC(C)(C)C. The van der Waals surface area contributed by atoms with Crippen molar-refractivity contribution in [2.75, 3.05) is 0 Å². The molecule has 4 aromatic rings. The average molecular weight is 407 g/mol. The van der Waals surface area contributed by atoms with E-state index in [0.717, 1.165) is 0 Å². The Labute approximate surface area is 185 Å². The zero-order chi connectivity index (χ0) is 21.8. The molecule has 1 aliphatic rings. The Bertz CT molecular complexity index is 1220. The molecule has 0 saturated heterocycles. The van der Waals surface area contributed by atoms with Crippen LogP contribution in [0.2, 0.25) is 0 Å². The average Bonchev–Trinajstić information content (AvgIpc) is 2.85. The lowest BCUT2D eigenvalue weighted by atomic mass is 9.86. The summed E-state index contributed by atoms with van der Waals surface area (Å²) in [5.74, 6) is 0. The van der Waals surface area contributed by atoms with Crippen molar-refractivity contribution < 1.29 is 0 Å². The minimum absolute atomic E-state index is 0.107. The van der Waals surface area contributed by atoms with Gasteiger partial charge < -0.3 is 4.90 Å². The van der Waals surface area contributed by atoms with Gasteiger partial charge in [-0.25, -0.2) is 0 Å². The molecule has 0 aromatic heterocycles. The second kappa shape index (κ2) is 7.23. The lowest BCUT2D eigenvalue weighted by Crippen LogP contribution is -2.29.